The molecule has 0 aliphatic heterocycles. The summed E-state index contributed by atoms with van der Waals surface area (Å²) >= 11 is 1.27. The normalized spacial score (nSPS) is 11.7. The highest BCUT2D eigenvalue weighted by Crippen LogP contribution is 2.40. The zero-order valence-electron chi connectivity index (χ0n) is 15.8. The monoisotopic (exact) mass is 447 g/mol. The Morgan fingerprint density at radius 1 is 0.900 bits per heavy atom. The molecule has 0 aliphatic rings. The van der Waals surface area contributed by atoms with Crippen molar-refractivity contribution >= 4 is 36.4 Å². The molecule has 0 spiro atoms. The predicted molar refractivity (Wildman–Crippen MR) is 113 cm³/mol. The van der Waals surface area contributed by atoms with Gasteiger partial charge in [-0.05, 0) is 59.8 Å². The van der Waals surface area contributed by atoms with Gasteiger partial charge in [-0.25, -0.2) is 21.6 Å². The van der Waals surface area contributed by atoms with Crippen LogP contribution in [-0.4, -0.2) is 8.42 Å². The van der Waals surface area contributed by atoms with Gasteiger partial charge in [-0.15, -0.1) is 11.3 Å². The number of rotatable bonds is 5. The van der Waals surface area contributed by atoms with Gasteiger partial charge in [-0.2, -0.15) is 0 Å². The van der Waals surface area contributed by atoms with Crippen molar-refractivity contribution in [1.82, 2.24) is 0 Å². The van der Waals surface area contributed by atoms with Gasteiger partial charge in [-0.1, -0.05) is 30.3 Å². The lowest BCUT2D eigenvalue weighted by atomic mass is 10.2. The van der Waals surface area contributed by atoms with Crippen LogP contribution in [0.15, 0.2) is 71.6 Å². The van der Waals surface area contributed by atoms with Crippen LogP contribution in [0.25, 0.3) is 10.1 Å². The van der Waals surface area contributed by atoms with Gasteiger partial charge in [0.15, 0.2) is 11.6 Å². The molecule has 0 aliphatic carbocycles. The third-order valence-corrected chi connectivity index (χ3v) is 7.89. The minimum atomic E-state index is -4.18. The summed E-state index contributed by atoms with van der Waals surface area (Å²) in [7, 11) is -4.18. The second-order valence-corrected chi connectivity index (χ2v) is 9.64. The van der Waals surface area contributed by atoms with Gasteiger partial charge in [-0.3, -0.25) is 4.31 Å². The fraction of sp³-hybridized carbons (Fsp3) is 0.0909. The number of thiophene rings is 1. The topological polar surface area (TPSA) is 37.4 Å². The molecule has 30 heavy (non-hydrogen) atoms. The summed E-state index contributed by atoms with van der Waals surface area (Å²) in [5.41, 5.74) is 1.00. The standard InChI is InChI=1S/C22H16F3NO2S2/c1-14-18-7-2-3-8-21(18)29-22(14)26(13-15-9-10-19(24)20(25)11-15)30(27,28)17-6-4-5-16(23)12-17/h2-12H,13H2,1H3. The Morgan fingerprint density at radius 3 is 2.37 bits per heavy atom. The van der Waals surface area contributed by atoms with Gasteiger partial charge < -0.3 is 0 Å². The summed E-state index contributed by atoms with van der Waals surface area (Å²) in [4.78, 5) is -0.220. The van der Waals surface area contributed by atoms with E-state index in [1.807, 2.05) is 24.3 Å². The average molecular weight is 448 g/mol. The summed E-state index contributed by atoms with van der Waals surface area (Å²) in [6.45, 7) is 1.57. The minimum Gasteiger partial charge on any atom is -0.252 e. The first kappa shape index (κ1) is 20.4. The van der Waals surface area contributed by atoms with Gasteiger partial charge in [0.25, 0.3) is 10.0 Å². The van der Waals surface area contributed by atoms with Gasteiger partial charge in [0.1, 0.15) is 10.8 Å². The number of benzene rings is 3. The van der Waals surface area contributed by atoms with Crippen LogP contribution in [0.4, 0.5) is 18.2 Å². The first-order valence-corrected chi connectivity index (χ1v) is 11.2. The lowest BCUT2D eigenvalue weighted by molar-refractivity contribution is 0.507. The van der Waals surface area contributed by atoms with E-state index in [2.05, 4.69) is 0 Å². The molecule has 0 atom stereocenters. The van der Waals surface area contributed by atoms with Crippen LogP contribution in [0.2, 0.25) is 0 Å². The molecule has 8 heteroatoms. The smallest absolute Gasteiger partial charge is 0.252 e. The molecule has 0 bridgehead atoms. The highest BCUT2D eigenvalue weighted by Gasteiger charge is 2.29. The zero-order valence-corrected chi connectivity index (χ0v) is 17.4. The largest absolute Gasteiger partial charge is 0.265 e. The molecule has 0 N–H and O–H groups in total. The second-order valence-electron chi connectivity index (χ2n) is 6.75. The number of fused-ring (bicyclic) bond motifs is 1. The van der Waals surface area contributed by atoms with E-state index in [1.54, 1.807) is 6.92 Å². The van der Waals surface area contributed by atoms with E-state index in [0.29, 0.717) is 5.00 Å². The van der Waals surface area contributed by atoms with E-state index in [-0.39, 0.29) is 17.0 Å². The van der Waals surface area contributed by atoms with E-state index in [4.69, 9.17) is 0 Å². The van der Waals surface area contributed by atoms with Crippen LogP contribution in [0.1, 0.15) is 11.1 Å². The molecule has 3 nitrogen and oxygen atoms in total. The summed E-state index contributed by atoms with van der Waals surface area (Å²) in [6.07, 6.45) is 0. The molecule has 1 heterocycles. The van der Waals surface area contributed by atoms with Gasteiger partial charge in [0.05, 0.1) is 11.4 Å². The van der Waals surface area contributed by atoms with Crippen molar-refractivity contribution in [3.05, 3.63) is 95.3 Å². The molecule has 0 saturated heterocycles. The number of aryl methyl sites for hydroxylation is 1. The lowest BCUT2D eigenvalue weighted by Gasteiger charge is -2.24. The SMILES string of the molecule is Cc1c(N(Cc2ccc(F)c(F)c2)S(=O)(=O)c2cccc(F)c2)sc2ccccc12. The van der Waals surface area contributed by atoms with Gasteiger partial charge >= 0.3 is 0 Å². The van der Waals surface area contributed by atoms with E-state index in [0.717, 1.165) is 44.2 Å². The van der Waals surface area contributed by atoms with Crippen molar-refractivity contribution in [2.75, 3.05) is 4.31 Å². The van der Waals surface area contributed by atoms with Crippen LogP contribution in [0.3, 0.4) is 0 Å². The predicted octanol–water partition coefficient (Wildman–Crippen LogP) is 6.02. The lowest BCUT2D eigenvalue weighted by Crippen LogP contribution is -2.30. The molecule has 1 aromatic heterocycles. The number of nitrogens with zero attached hydrogens (tertiary/aromatic N) is 1. The van der Waals surface area contributed by atoms with Crippen LogP contribution in [0.5, 0.6) is 0 Å². The van der Waals surface area contributed by atoms with Crippen molar-refractivity contribution in [3.8, 4) is 0 Å². The van der Waals surface area contributed by atoms with E-state index < -0.39 is 27.5 Å². The number of halogens is 3. The molecule has 154 valence electrons. The number of anilines is 1. The maximum atomic E-state index is 13.8. The molecule has 4 rings (SSSR count). The highest BCUT2D eigenvalue weighted by atomic mass is 32.2. The maximum absolute atomic E-state index is 13.8. The Kier molecular flexibility index (Phi) is 5.29. The number of hydrogen-bond donors (Lipinski definition) is 0. The van der Waals surface area contributed by atoms with Crippen molar-refractivity contribution in [1.29, 1.82) is 0 Å². The first-order chi connectivity index (χ1) is 14.3. The van der Waals surface area contributed by atoms with Crippen molar-refractivity contribution in [3.63, 3.8) is 0 Å². The number of sulfonamides is 1. The fourth-order valence-electron chi connectivity index (χ4n) is 3.22. The molecular formula is C22H16F3NO2S2. The van der Waals surface area contributed by atoms with Crippen LogP contribution >= 0.6 is 11.3 Å². The van der Waals surface area contributed by atoms with E-state index in [9.17, 15) is 21.6 Å². The number of hydrogen-bond acceptors (Lipinski definition) is 3. The maximum Gasteiger partial charge on any atom is 0.265 e. The Bertz CT molecular complexity index is 1350. The van der Waals surface area contributed by atoms with Crippen LogP contribution < -0.4 is 4.31 Å². The molecule has 0 fully saturated rings. The molecule has 0 amide bonds. The van der Waals surface area contributed by atoms with E-state index >= 15 is 0 Å². The minimum absolute atomic E-state index is 0.220. The average Bonchev–Trinajstić information content (AvgIpc) is 3.05. The highest BCUT2D eigenvalue weighted by molar-refractivity contribution is 7.93. The third-order valence-electron chi connectivity index (χ3n) is 4.74. The molecular weight excluding hydrogens is 431 g/mol. The fourth-order valence-corrected chi connectivity index (χ4v) is 6.19. The zero-order chi connectivity index (χ0) is 21.5. The Balaban J connectivity index is 1.89. The Morgan fingerprint density at radius 2 is 1.67 bits per heavy atom. The van der Waals surface area contributed by atoms with Gasteiger partial charge in [0.2, 0.25) is 0 Å². The summed E-state index contributed by atoms with van der Waals surface area (Å²) in [5, 5.41) is 1.33. The van der Waals surface area contributed by atoms with Crippen molar-refractivity contribution in [2.24, 2.45) is 0 Å². The molecule has 0 saturated carbocycles. The van der Waals surface area contributed by atoms with Crippen molar-refractivity contribution in [2.45, 2.75) is 18.4 Å². The molecule has 3 aromatic carbocycles. The van der Waals surface area contributed by atoms with Crippen molar-refractivity contribution < 1.29 is 21.6 Å². The summed E-state index contributed by atoms with van der Waals surface area (Å²) < 4.78 is 69.8. The Hall–Kier alpha value is -2.84. The summed E-state index contributed by atoms with van der Waals surface area (Å²) in [6, 6.07) is 15.4. The summed E-state index contributed by atoms with van der Waals surface area (Å²) in [5.74, 6) is -2.77. The first-order valence-electron chi connectivity index (χ1n) is 8.98. The molecule has 4 aromatic rings. The quantitative estimate of drug-likeness (QED) is 0.375. The van der Waals surface area contributed by atoms with E-state index in [1.165, 1.54) is 29.5 Å². The Labute approximate surface area is 176 Å². The third kappa shape index (κ3) is 3.68. The van der Waals surface area contributed by atoms with Crippen LogP contribution in [0, 0.1) is 24.4 Å². The molecule has 0 radical (unpaired) electrons. The van der Waals surface area contributed by atoms with Crippen LogP contribution in [-0.2, 0) is 16.6 Å². The molecule has 0 unspecified atom stereocenters. The van der Waals surface area contributed by atoms with Gasteiger partial charge in [0, 0.05) is 4.70 Å². The second kappa shape index (κ2) is 7.77.